The van der Waals surface area contributed by atoms with Crippen LogP contribution in [-0.2, 0) is 44.6 Å². The van der Waals surface area contributed by atoms with Gasteiger partial charge in [0.2, 0.25) is 23.6 Å². The summed E-state index contributed by atoms with van der Waals surface area (Å²) in [4.78, 5) is 58.9. The molecule has 0 radical (unpaired) electrons. The highest BCUT2D eigenvalue weighted by atomic mass is 19.4. The van der Waals surface area contributed by atoms with Crippen molar-refractivity contribution in [3.8, 4) is 0 Å². The van der Waals surface area contributed by atoms with Gasteiger partial charge < -0.3 is 31.6 Å². The van der Waals surface area contributed by atoms with Gasteiger partial charge in [-0.1, -0.05) is 70.9 Å². The van der Waals surface area contributed by atoms with Crippen LogP contribution in [0.5, 0.6) is 0 Å². The van der Waals surface area contributed by atoms with Crippen molar-refractivity contribution < 1.29 is 36.7 Å². The molecule has 10 nitrogen and oxygen atoms in total. The van der Waals surface area contributed by atoms with Gasteiger partial charge in [-0.15, -0.1) is 0 Å². The van der Waals surface area contributed by atoms with Crippen molar-refractivity contribution in [3.63, 3.8) is 0 Å². The van der Waals surface area contributed by atoms with E-state index in [1.54, 1.807) is 19.1 Å². The Bertz CT molecular complexity index is 1820. The minimum Gasteiger partial charge on any atom is -0.358 e. The zero-order valence-corrected chi connectivity index (χ0v) is 31.4. The Morgan fingerprint density at radius 2 is 1.57 bits per heavy atom. The van der Waals surface area contributed by atoms with Gasteiger partial charge in [-0.25, -0.2) is 4.39 Å². The molecule has 0 saturated carbocycles. The lowest BCUT2D eigenvalue weighted by atomic mass is 9.78. The van der Waals surface area contributed by atoms with Crippen molar-refractivity contribution >= 4 is 34.5 Å². The number of piperidine rings is 1. The maximum atomic E-state index is 14.7. The number of alkyl halides is 3. The van der Waals surface area contributed by atoms with E-state index >= 15 is 0 Å². The molecule has 294 valence electrons. The number of nitrogens with one attached hydrogen (secondary N) is 6. The number of hydrogen-bond acceptors (Lipinski definition) is 5. The predicted octanol–water partition coefficient (Wildman–Crippen LogP) is 5.09. The molecule has 54 heavy (non-hydrogen) atoms. The van der Waals surface area contributed by atoms with Crippen LogP contribution >= 0.6 is 0 Å². The number of fused-ring (bicyclic) bond motifs is 3. The van der Waals surface area contributed by atoms with E-state index in [4.69, 9.17) is 0 Å². The highest BCUT2D eigenvalue weighted by Crippen LogP contribution is 2.40. The fraction of sp³-hybridized carbons (Fsp3) is 0.550. The fourth-order valence-corrected chi connectivity index (χ4v) is 7.54. The molecule has 1 fully saturated rings. The number of hydrogen-bond donors (Lipinski definition) is 6. The molecule has 5 atom stereocenters. The maximum absolute atomic E-state index is 14.7. The average molecular weight is 757 g/mol. The molecule has 2 aromatic carbocycles. The summed E-state index contributed by atoms with van der Waals surface area (Å²) in [6.45, 7) is 9.52. The molecule has 1 aromatic heterocycles. The number of H-pyrrole nitrogens is 1. The Morgan fingerprint density at radius 3 is 2.22 bits per heavy atom. The first kappa shape index (κ1) is 40.7. The summed E-state index contributed by atoms with van der Waals surface area (Å²) in [5.74, 6) is -3.24. The minimum absolute atomic E-state index is 0.00602. The minimum atomic E-state index is -4.63. The van der Waals surface area contributed by atoms with Gasteiger partial charge >= 0.3 is 6.18 Å². The van der Waals surface area contributed by atoms with Crippen LogP contribution in [0.2, 0.25) is 0 Å². The summed E-state index contributed by atoms with van der Waals surface area (Å²) in [5, 5.41) is 15.2. The summed E-state index contributed by atoms with van der Waals surface area (Å²) in [6.07, 6.45) is -2.14. The topological polar surface area (TPSA) is 144 Å². The Balaban J connectivity index is 1.47. The van der Waals surface area contributed by atoms with Crippen LogP contribution in [0.15, 0.2) is 42.5 Å². The van der Waals surface area contributed by atoms with Crippen molar-refractivity contribution in [3.05, 3.63) is 70.7 Å². The Labute approximate surface area is 313 Å². The number of aromatic nitrogens is 1. The number of aryl methyl sites for hydroxylation is 1. The van der Waals surface area contributed by atoms with E-state index in [2.05, 4.69) is 31.6 Å². The summed E-state index contributed by atoms with van der Waals surface area (Å²) < 4.78 is 56.6. The Morgan fingerprint density at radius 1 is 0.907 bits per heavy atom. The van der Waals surface area contributed by atoms with E-state index in [1.165, 1.54) is 24.3 Å². The normalized spacial score (nSPS) is 19.9. The zero-order chi connectivity index (χ0) is 39.2. The molecule has 0 spiro atoms. The second-order valence-corrected chi connectivity index (χ2v) is 15.0. The van der Waals surface area contributed by atoms with Crippen LogP contribution < -0.4 is 26.6 Å². The smallest absolute Gasteiger partial charge is 0.358 e. The second-order valence-electron chi connectivity index (χ2n) is 15.0. The van der Waals surface area contributed by atoms with Crippen molar-refractivity contribution in [2.45, 2.75) is 103 Å². The average Bonchev–Trinajstić information content (AvgIpc) is 3.52. The maximum Gasteiger partial charge on any atom is 0.418 e. The van der Waals surface area contributed by atoms with E-state index < -0.39 is 58.8 Å². The van der Waals surface area contributed by atoms with Crippen LogP contribution in [0, 0.1) is 23.6 Å². The van der Waals surface area contributed by atoms with Crippen molar-refractivity contribution in [2.75, 3.05) is 19.6 Å². The molecule has 3 aromatic rings. The van der Waals surface area contributed by atoms with E-state index in [-0.39, 0.29) is 54.0 Å². The number of amides is 4. The molecule has 1 saturated heterocycles. The first-order valence-electron chi connectivity index (χ1n) is 19.0. The van der Waals surface area contributed by atoms with E-state index in [9.17, 15) is 36.7 Å². The quantitative estimate of drug-likeness (QED) is 0.127. The van der Waals surface area contributed by atoms with Gasteiger partial charge in [-0.3, -0.25) is 19.2 Å². The standard InChI is InChI=1S/C40H52F4N6O4/c1-5-23(3)33(36(52)46-22-25-15-18-45-19-16-25)49-38(54)39(17-14-31-28(21-39)27-11-9-12-29(35(27)47-31)40(42,43)44)50-37(53)34(24(4)6-2)48-32(51)20-26-10-7-8-13-30(26)41/h7-13,23-25,33-34,45,47H,5-6,14-22H2,1-4H3,(H,46,52)(H,48,51)(H,49,54)(H,50,53)/t23?,24?,33?,34?,39-/m1/s1. The van der Waals surface area contributed by atoms with Crippen molar-refractivity contribution in [1.82, 2.24) is 31.6 Å². The Kier molecular flexibility index (Phi) is 13.1. The number of carbonyl (C=O) groups is 4. The number of halogens is 4. The predicted molar refractivity (Wildman–Crippen MR) is 198 cm³/mol. The van der Waals surface area contributed by atoms with Crippen molar-refractivity contribution in [1.29, 1.82) is 0 Å². The molecule has 0 bridgehead atoms. The number of rotatable bonds is 14. The number of benzene rings is 2. The van der Waals surface area contributed by atoms with Gasteiger partial charge in [-0.2, -0.15) is 13.2 Å². The summed E-state index contributed by atoms with van der Waals surface area (Å²) in [7, 11) is 0. The van der Waals surface area contributed by atoms with E-state index in [0.29, 0.717) is 36.6 Å². The van der Waals surface area contributed by atoms with Gasteiger partial charge in [0, 0.05) is 24.0 Å². The van der Waals surface area contributed by atoms with Crippen LogP contribution in [0.25, 0.3) is 10.9 Å². The third-order valence-corrected chi connectivity index (χ3v) is 11.3. The van der Waals surface area contributed by atoms with Gasteiger partial charge in [0.05, 0.1) is 17.5 Å². The summed E-state index contributed by atoms with van der Waals surface area (Å²) in [5.41, 5.74) is -1.52. The molecule has 4 unspecified atom stereocenters. The number of aromatic amines is 1. The highest BCUT2D eigenvalue weighted by molar-refractivity contribution is 5.99. The second kappa shape index (κ2) is 17.3. The third kappa shape index (κ3) is 9.24. The SMILES string of the molecule is CCC(C)C(NC(=O)Cc1ccccc1F)C(=O)N[C@]1(C(=O)NC(C(=O)NCC2CCNCC2)C(C)CC)CCc2[nH]c3c(C(F)(F)F)cccc3c2C1. The largest absolute Gasteiger partial charge is 0.418 e. The molecule has 1 aliphatic heterocycles. The van der Waals surface area contributed by atoms with Crippen LogP contribution in [0.1, 0.15) is 82.2 Å². The fourth-order valence-electron chi connectivity index (χ4n) is 7.54. The molecule has 5 rings (SSSR count). The molecular weight excluding hydrogens is 704 g/mol. The monoisotopic (exact) mass is 756 g/mol. The first-order valence-corrected chi connectivity index (χ1v) is 19.0. The summed E-state index contributed by atoms with van der Waals surface area (Å²) in [6, 6.07) is 7.61. The molecule has 14 heteroatoms. The lowest BCUT2D eigenvalue weighted by Crippen LogP contribution is -2.67. The number of carbonyl (C=O) groups excluding carboxylic acids is 4. The van der Waals surface area contributed by atoms with Gasteiger partial charge in [0.15, 0.2) is 0 Å². The molecule has 6 N–H and O–H groups in total. The molecule has 4 amide bonds. The van der Waals surface area contributed by atoms with Crippen molar-refractivity contribution in [2.24, 2.45) is 17.8 Å². The molecule has 1 aliphatic carbocycles. The van der Waals surface area contributed by atoms with Crippen LogP contribution in [0.4, 0.5) is 17.6 Å². The third-order valence-electron chi connectivity index (χ3n) is 11.3. The van der Waals surface area contributed by atoms with E-state index in [0.717, 1.165) is 32.0 Å². The highest BCUT2D eigenvalue weighted by Gasteiger charge is 2.47. The van der Waals surface area contributed by atoms with Gasteiger partial charge in [-0.05, 0) is 79.8 Å². The first-order chi connectivity index (χ1) is 25.7. The van der Waals surface area contributed by atoms with Crippen LogP contribution in [0.3, 0.4) is 0 Å². The number of para-hydroxylation sites is 1. The molecule has 2 aliphatic rings. The lowest BCUT2D eigenvalue weighted by molar-refractivity contribution is -0.139. The van der Waals surface area contributed by atoms with Gasteiger partial charge in [0.25, 0.3) is 0 Å². The molecular formula is C40H52F4N6O4. The zero-order valence-electron chi connectivity index (χ0n) is 31.4. The van der Waals surface area contributed by atoms with Gasteiger partial charge in [0.1, 0.15) is 23.4 Å². The summed E-state index contributed by atoms with van der Waals surface area (Å²) >= 11 is 0. The van der Waals surface area contributed by atoms with Crippen LogP contribution in [-0.4, -0.2) is 65.9 Å². The lowest BCUT2D eigenvalue weighted by Gasteiger charge is -2.40. The molecule has 2 heterocycles. The Hall–Kier alpha value is -4.46. The van der Waals surface area contributed by atoms with E-state index in [1.807, 2.05) is 20.8 Å².